The van der Waals surface area contributed by atoms with Gasteiger partial charge in [0, 0.05) is 5.69 Å². The molecule has 0 aliphatic rings. The number of carbonyl (C=O) groups excluding carboxylic acids is 1. The van der Waals surface area contributed by atoms with E-state index in [4.69, 9.17) is 0 Å². The van der Waals surface area contributed by atoms with Crippen molar-refractivity contribution in [3.8, 4) is 0 Å². The Morgan fingerprint density at radius 1 is 0.900 bits per heavy atom. The maximum atomic E-state index is 12.4. The zero-order valence-electron chi connectivity index (χ0n) is 9.24. The van der Waals surface area contributed by atoms with E-state index < -0.39 is 41.5 Å². The van der Waals surface area contributed by atoms with E-state index >= 15 is 0 Å². The number of amides is 1. The lowest BCUT2D eigenvalue weighted by Gasteiger charge is -2.14. The second kappa shape index (κ2) is 5.25. The second-order valence-electron chi connectivity index (χ2n) is 3.58. The van der Waals surface area contributed by atoms with Crippen LogP contribution in [0.4, 0.5) is 40.8 Å². The molecule has 0 aliphatic heterocycles. The summed E-state index contributed by atoms with van der Waals surface area (Å²) in [7, 11) is 0. The Kier molecular flexibility index (Phi) is 4.25. The summed E-state index contributed by atoms with van der Waals surface area (Å²) in [5.41, 5.74) is -4.44. The average Bonchev–Trinajstić information content (AvgIpc) is 2.26. The van der Waals surface area contributed by atoms with E-state index in [2.05, 4.69) is 0 Å². The first-order chi connectivity index (χ1) is 8.91. The monoisotopic (exact) mass is 307 g/mol. The first-order valence-corrected chi connectivity index (χ1v) is 4.80. The molecular formula is C10H5F8NO. The fourth-order valence-corrected chi connectivity index (χ4v) is 1.22. The topological polar surface area (TPSA) is 29.1 Å². The molecule has 0 aromatic heterocycles. The molecule has 0 atom stereocenters. The zero-order chi connectivity index (χ0) is 15.7. The maximum Gasteiger partial charge on any atom is 0.416 e. The minimum absolute atomic E-state index is 0.134. The fraction of sp³-hybridized carbons (Fsp3) is 0.300. The number of anilines is 1. The molecule has 1 amide bonds. The molecule has 0 saturated carbocycles. The molecule has 0 saturated heterocycles. The Hall–Kier alpha value is -1.87. The van der Waals surface area contributed by atoms with Crippen LogP contribution in [0.5, 0.6) is 0 Å². The van der Waals surface area contributed by atoms with Crippen LogP contribution in [-0.4, -0.2) is 12.3 Å². The van der Waals surface area contributed by atoms with Gasteiger partial charge in [0.25, 0.3) is 5.91 Å². The van der Waals surface area contributed by atoms with E-state index in [1.54, 1.807) is 0 Å². The number of hydrogen-bond acceptors (Lipinski definition) is 1. The van der Waals surface area contributed by atoms with Gasteiger partial charge >= 0.3 is 18.8 Å². The van der Waals surface area contributed by atoms with Crippen molar-refractivity contribution in [2.75, 3.05) is 5.32 Å². The van der Waals surface area contributed by atoms with E-state index in [-0.39, 0.29) is 18.2 Å². The summed E-state index contributed by atoms with van der Waals surface area (Å²) < 4.78 is 98.3. The van der Waals surface area contributed by atoms with Crippen LogP contribution < -0.4 is 5.32 Å². The minimum Gasteiger partial charge on any atom is -0.321 e. The Morgan fingerprint density at radius 2 is 1.30 bits per heavy atom. The molecule has 1 rings (SSSR count). The molecule has 1 aromatic carbocycles. The van der Waals surface area contributed by atoms with Gasteiger partial charge in [0.2, 0.25) is 0 Å². The zero-order valence-corrected chi connectivity index (χ0v) is 9.24. The SMILES string of the molecule is O=C(Nc1cc(C(F)(F)F)cc(C(F)(F)F)c1)C(F)F. The number of hydrogen-bond donors (Lipinski definition) is 1. The first kappa shape index (κ1) is 16.2. The van der Waals surface area contributed by atoms with Gasteiger partial charge in [0.15, 0.2) is 0 Å². The molecule has 0 spiro atoms. The summed E-state index contributed by atoms with van der Waals surface area (Å²) in [6.45, 7) is 0. The highest BCUT2D eigenvalue weighted by molar-refractivity contribution is 5.93. The highest BCUT2D eigenvalue weighted by atomic mass is 19.4. The van der Waals surface area contributed by atoms with E-state index in [9.17, 15) is 39.9 Å². The van der Waals surface area contributed by atoms with E-state index in [1.807, 2.05) is 0 Å². The van der Waals surface area contributed by atoms with Gasteiger partial charge in [-0.1, -0.05) is 0 Å². The van der Waals surface area contributed by atoms with Gasteiger partial charge in [0.1, 0.15) is 0 Å². The Balaban J connectivity index is 3.28. The molecule has 20 heavy (non-hydrogen) atoms. The van der Waals surface area contributed by atoms with Crippen molar-refractivity contribution in [1.29, 1.82) is 0 Å². The van der Waals surface area contributed by atoms with Crippen LogP contribution in [0.25, 0.3) is 0 Å². The van der Waals surface area contributed by atoms with Gasteiger partial charge in [-0.3, -0.25) is 4.79 Å². The molecule has 112 valence electrons. The Morgan fingerprint density at radius 3 is 1.60 bits per heavy atom. The smallest absolute Gasteiger partial charge is 0.321 e. The summed E-state index contributed by atoms with van der Waals surface area (Å²) in [4.78, 5) is 10.6. The molecule has 2 nitrogen and oxygen atoms in total. The molecule has 0 fully saturated rings. The minimum atomic E-state index is -5.12. The van der Waals surface area contributed by atoms with Crippen LogP contribution in [0.3, 0.4) is 0 Å². The molecule has 0 radical (unpaired) electrons. The molecule has 0 heterocycles. The average molecular weight is 307 g/mol. The van der Waals surface area contributed by atoms with Crippen LogP contribution in [0.1, 0.15) is 11.1 Å². The molecule has 0 bridgehead atoms. The molecule has 1 N–H and O–H groups in total. The highest BCUT2D eigenvalue weighted by Gasteiger charge is 2.37. The largest absolute Gasteiger partial charge is 0.416 e. The lowest BCUT2D eigenvalue weighted by atomic mass is 10.1. The van der Waals surface area contributed by atoms with Gasteiger partial charge in [0.05, 0.1) is 11.1 Å². The molecule has 0 aliphatic carbocycles. The van der Waals surface area contributed by atoms with Gasteiger partial charge in [-0.05, 0) is 18.2 Å². The lowest BCUT2D eigenvalue weighted by Crippen LogP contribution is -2.21. The molecule has 0 unspecified atom stereocenters. The first-order valence-electron chi connectivity index (χ1n) is 4.80. The molecule has 10 heteroatoms. The van der Waals surface area contributed by atoms with E-state index in [1.165, 1.54) is 5.32 Å². The normalized spacial score (nSPS) is 12.7. The van der Waals surface area contributed by atoms with E-state index in [0.717, 1.165) is 0 Å². The Bertz CT molecular complexity index is 473. The molecule has 1 aromatic rings. The van der Waals surface area contributed by atoms with Crippen molar-refractivity contribution >= 4 is 11.6 Å². The summed E-state index contributed by atoms with van der Waals surface area (Å²) in [5, 5.41) is 1.28. The fourth-order valence-electron chi connectivity index (χ4n) is 1.22. The third kappa shape index (κ3) is 4.07. The standard InChI is InChI=1S/C10H5F8NO/c11-7(12)8(20)19-6-2-4(9(13,14)15)1-5(3-6)10(16,17)18/h1-3,7H,(H,19,20). The van der Waals surface area contributed by atoms with Crippen LogP contribution >= 0.6 is 0 Å². The van der Waals surface area contributed by atoms with E-state index in [0.29, 0.717) is 0 Å². The number of rotatable bonds is 2. The number of halogens is 8. The quantitative estimate of drug-likeness (QED) is 0.824. The number of alkyl halides is 8. The summed E-state index contributed by atoms with van der Waals surface area (Å²) in [6.07, 6.45) is -13.8. The van der Waals surface area contributed by atoms with Crippen molar-refractivity contribution in [1.82, 2.24) is 0 Å². The highest BCUT2D eigenvalue weighted by Crippen LogP contribution is 2.37. The maximum absolute atomic E-state index is 12.4. The van der Waals surface area contributed by atoms with Crippen molar-refractivity contribution in [3.63, 3.8) is 0 Å². The predicted molar refractivity (Wildman–Crippen MR) is 51.1 cm³/mol. The number of carbonyl (C=O) groups is 1. The second-order valence-corrected chi connectivity index (χ2v) is 3.58. The lowest BCUT2D eigenvalue weighted by molar-refractivity contribution is -0.143. The van der Waals surface area contributed by atoms with Gasteiger partial charge in [-0.25, -0.2) is 0 Å². The summed E-state index contributed by atoms with van der Waals surface area (Å²) >= 11 is 0. The van der Waals surface area contributed by atoms with Crippen molar-refractivity contribution < 1.29 is 39.9 Å². The third-order valence-electron chi connectivity index (χ3n) is 2.05. The predicted octanol–water partition coefficient (Wildman–Crippen LogP) is 3.93. The summed E-state index contributed by atoms with van der Waals surface area (Å²) in [5.74, 6) is -2.00. The number of nitrogens with one attached hydrogen (secondary N) is 1. The van der Waals surface area contributed by atoms with Crippen LogP contribution in [0.2, 0.25) is 0 Å². The van der Waals surface area contributed by atoms with Crippen LogP contribution in [0.15, 0.2) is 18.2 Å². The van der Waals surface area contributed by atoms with Crippen molar-refractivity contribution in [3.05, 3.63) is 29.3 Å². The van der Waals surface area contributed by atoms with Crippen molar-refractivity contribution in [2.45, 2.75) is 18.8 Å². The Labute approximate surface area is 106 Å². The van der Waals surface area contributed by atoms with Crippen LogP contribution in [-0.2, 0) is 17.1 Å². The summed E-state index contributed by atoms with van der Waals surface area (Å²) in [6, 6.07) is 0.0864. The van der Waals surface area contributed by atoms with Crippen molar-refractivity contribution in [2.24, 2.45) is 0 Å². The van der Waals surface area contributed by atoms with Gasteiger partial charge in [-0.15, -0.1) is 0 Å². The third-order valence-corrected chi connectivity index (χ3v) is 2.05. The number of benzene rings is 1. The molecular weight excluding hydrogens is 302 g/mol. The van der Waals surface area contributed by atoms with Gasteiger partial charge in [-0.2, -0.15) is 35.1 Å². The van der Waals surface area contributed by atoms with Crippen LogP contribution in [0, 0.1) is 0 Å². The van der Waals surface area contributed by atoms with Gasteiger partial charge < -0.3 is 5.32 Å².